The second-order valence-corrected chi connectivity index (χ2v) is 9.49. The molecule has 3 heterocycles. The minimum atomic E-state index is -0.794. The van der Waals surface area contributed by atoms with Gasteiger partial charge in [0.1, 0.15) is 17.4 Å². The molecule has 2 aromatic heterocycles. The number of benzene rings is 2. The highest BCUT2D eigenvalue weighted by Gasteiger charge is 2.46. The van der Waals surface area contributed by atoms with E-state index in [2.05, 4.69) is 15.9 Å². The van der Waals surface area contributed by atoms with Gasteiger partial charge >= 0.3 is 0 Å². The normalized spacial score (nSPS) is 16.2. The number of ketones is 1. The first-order valence-corrected chi connectivity index (χ1v) is 11.7. The molecule has 1 aliphatic heterocycles. The maximum Gasteiger partial charge on any atom is 0.294 e. The molecule has 0 spiro atoms. The van der Waals surface area contributed by atoms with Gasteiger partial charge in [0.25, 0.3) is 5.91 Å². The van der Waals surface area contributed by atoms with Crippen molar-refractivity contribution < 1.29 is 23.8 Å². The molecule has 1 atom stereocenters. The number of carbonyl (C=O) groups is 2. The van der Waals surface area contributed by atoms with E-state index in [9.17, 15) is 14.7 Å². The summed E-state index contributed by atoms with van der Waals surface area (Å²) in [6, 6.07) is 15.1. The van der Waals surface area contributed by atoms with Crippen molar-refractivity contribution in [2.24, 2.45) is 0 Å². The highest BCUT2D eigenvalue weighted by molar-refractivity contribution is 9.10. The summed E-state index contributed by atoms with van der Waals surface area (Å²) >= 11 is 4.84. The van der Waals surface area contributed by atoms with Crippen LogP contribution in [0.25, 0.3) is 11.0 Å². The number of aliphatic hydroxyl groups excluding tert-OH is 1. The number of fused-ring (bicyclic) bond motifs is 1. The number of nitrogens with zero attached hydrogens (tertiary/aromatic N) is 1. The highest BCUT2D eigenvalue weighted by atomic mass is 79.9. The van der Waals surface area contributed by atoms with Crippen LogP contribution in [0, 0.1) is 6.92 Å². The van der Waals surface area contributed by atoms with Crippen LogP contribution >= 0.6 is 27.3 Å². The fourth-order valence-corrected chi connectivity index (χ4v) is 5.44. The van der Waals surface area contributed by atoms with Crippen molar-refractivity contribution in [1.29, 1.82) is 0 Å². The zero-order valence-electron chi connectivity index (χ0n) is 17.7. The number of carbonyl (C=O) groups excluding carboxylic acids is 2. The number of anilines is 1. The second-order valence-electron chi connectivity index (χ2n) is 7.63. The van der Waals surface area contributed by atoms with Gasteiger partial charge in [-0.3, -0.25) is 14.5 Å². The molecule has 2 aromatic carbocycles. The van der Waals surface area contributed by atoms with Crippen LogP contribution in [-0.2, 0) is 4.79 Å². The summed E-state index contributed by atoms with van der Waals surface area (Å²) in [5.41, 5.74) is 1.96. The van der Waals surface area contributed by atoms with Crippen molar-refractivity contribution in [2.45, 2.75) is 13.0 Å². The van der Waals surface area contributed by atoms with Crippen LogP contribution < -0.4 is 9.64 Å². The number of thiophene rings is 1. The summed E-state index contributed by atoms with van der Waals surface area (Å²) in [7, 11) is 1.54. The number of aryl methyl sites for hydroxylation is 1. The van der Waals surface area contributed by atoms with Gasteiger partial charge < -0.3 is 14.3 Å². The van der Waals surface area contributed by atoms with E-state index < -0.39 is 23.5 Å². The van der Waals surface area contributed by atoms with Crippen LogP contribution in [0.5, 0.6) is 5.75 Å². The van der Waals surface area contributed by atoms with Gasteiger partial charge in [0, 0.05) is 26.5 Å². The summed E-state index contributed by atoms with van der Waals surface area (Å²) in [6.45, 7) is 1.91. The summed E-state index contributed by atoms with van der Waals surface area (Å²) < 4.78 is 12.0. The molecule has 33 heavy (non-hydrogen) atoms. The number of methoxy groups -OCH3 is 1. The lowest BCUT2D eigenvalue weighted by Gasteiger charge is -2.26. The van der Waals surface area contributed by atoms with E-state index in [1.165, 1.54) is 23.3 Å². The van der Waals surface area contributed by atoms with Gasteiger partial charge in [-0.25, -0.2) is 0 Å². The summed E-state index contributed by atoms with van der Waals surface area (Å²) in [4.78, 5) is 29.2. The molecule has 0 radical (unpaired) electrons. The Kier molecular flexibility index (Phi) is 5.34. The average molecular weight is 524 g/mol. The zero-order valence-corrected chi connectivity index (χ0v) is 20.1. The molecule has 1 amide bonds. The first kappa shape index (κ1) is 21.5. The van der Waals surface area contributed by atoms with E-state index in [0.29, 0.717) is 17.0 Å². The molecule has 5 rings (SSSR count). The van der Waals surface area contributed by atoms with E-state index in [4.69, 9.17) is 9.15 Å². The third-order valence-electron chi connectivity index (χ3n) is 5.64. The molecule has 1 aliphatic rings. The molecule has 4 aromatic rings. The molecule has 0 fully saturated rings. The fourth-order valence-electron chi connectivity index (χ4n) is 4.04. The van der Waals surface area contributed by atoms with Crippen LogP contribution in [0.15, 0.2) is 80.2 Å². The lowest BCUT2D eigenvalue weighted by molar-refractivity contribution is -0.117. The molecule has 0 aliphatic carbocycles. The largest absolute Gasteiger partial charge is 0.503 e. The predicted molar refractivity (Wildman–Crippen MR) is 130 cm³/mol. The van der Waals surface area contributed by atoms with Crippen molar-refractivity contribution in [3.8, 4) is 5.75 Å². The predicted octanol–water partition coefficient (Wildman–Crippen LogP) is 6.36. The van der Waals surface area contributed by atoms with Crippen LogP contribution in [0.3, 0.4) is 0 Å². The van der Waals surface area contributed by atoms with Crippen LogP contribution in [0.4, 0.5) is 5.69 Å². The number of Topliss-reactive ketones (excluding diaryl/α,β-unsaturated/α-hetero) is 1. The van der Waals surface area contributed by atoms with Gasteiger partial charge in [-0.1, -0.05) is 22.0 Å². The molecule has 0 saturated heterocycles. The minimum absolute atomic E-state index is 0.00788. The molecule has 0 saturated carbocycles. The molecule has 1 N–H and O–H groups in total. The van der Waals surface area contributed by atoms with Crippen molar-refractivity contribution >= 4 is 55.6 Å². The van der Waals surface area contributed by atoms with Gasteiger partial charge in [0.2, 0.25) is 5.78 Å². The Hall–Kier alpha value is -3.36. The third-order valence-corrected chi connectivity index (χ3v) is 7.20. The van der Waals surface area contributed by atoms with Crippen molar-refractivity contribution in [3.63, 3.8) is 0 Å². The molecule has 166 valence electrons. The van der Waals surface area contributed by atoms with Gasteiger partial charge in [-0.05, 0) is 60.3 Å². The molecule has 0 bridgehead atoms. The van der Waals surface area contributed by atoms with Crippen LogP contribution in [0.1, 0.15) is 27.0 Å². The topological polar surface area (TPSA) is 80.0 Å². The first-order valence-electron chi connectivity index (χ1n) is 10.1. The Labute approximate surface area is 201 Å². The maximum atomic E-state index is 13.7. The standard InChI is InChI=1S/C25H18BrNO5S/c1-13-8-9-33-24(13)21-20(22(28)19-11-14-10-15(26)6-7-18(14)32-19)23(29)25(30)27(21)16-4-3-5-17(12-16)31-2/h3-12,21,29H,1-2H3. The summed E-state index contributed by atoms with van der Waals surface area (Å²) in [5, 5.41) is 13.6. The number of halogens is 1. The number of rotatable bonds is 5. The van der Waals surface area contributed by atoms with Crippen LogP contribution in [0.2, 0.25) is 0 Å². The first-order chi connectivity index (χ1) is 15.9. The highest BCUT2D eigenvalue weighted by Crippen LogP contribution is 2.45. The lowest BCUT2D eigenvalue weighted by Crippen LogP contribution is -2.30. The molecule has 6 nitrogen and oxygen atoms in total. The van der Waals surface area contributed by atoms with E-state index >= 15 is 0 Å². The summed E-state index contributed by atoms with van der Waals surface area (Å²) in [5.74, 6) is -1.14. The van der Waals surface area contributed by atoms with Gasteiger partial charge in [0.05, 0.1) is 12.7 Å². The van der Waals surface area contributed by atoms with Crippen LogP contribution in [-0.4, -0.2) is 23.9 Å². The SMILES string of the molecule is COc1cccc(N2C(=O)C(O)=C(C(=O)c3cc4cc(Br)ccc4o3)C2c2sccc2C)c1. The zero-order chi connectivity index (χ0) is 23.3. The van der Waals surface area contributed by atoms with Gasteiger partial charge in [0.15, 0.2) is 11.5 Å². The Morgan fingerprint density at radius 2 is 2.00 bits per heavy atom. The van der Waals surface area contributed by atoms with Gasteiger partial charge in [-0.15, -0.1) is 11.3 Å². The molecule has 1 unspecified atom stereocenters. The molecule has 8 heteroatoms. The smallest absolute Gasteiger partial charge is 0.294 e. The van der Waals surface area contributed by atoms with E-state index in [1.807, 2.05) is 30.5 Å². The maximum absolute atomic E-state index is 13.7. The third kappa shape index (κ3) is 3.55. The Morgan fingerprint density at radius 1 is 1.18 bits per heavy atom. The van der Waals surface area contributed by atoms with Crippen molar-refractivity contribution in [1.82, 2.24) is 0 Å². The number of hydrogen-bond donors (Lipinski definition) is 1. The average Bonchev–Trinajstić information content (AvgIpc) is 3.49. The number of ether oxygens (including phenoxy) is 1. The summed E-state index contributed by atoms with van der Waals surface area (Å²) in [6.07, 6.45) is 0. The van der Waals surface area contributed by atoms with E-state index in [-0.39, 0.29) is 11.3 Å². The number of hydrogen-bond acceptors (Lipinski definition) is 6. The molecular weight excluding hydrogens is 506 g/mol. The second kappa shape index (κ2) is 8.20. The number of amides is 1. The fraction of sp³-hybridized carbons (Fsp3) is 0.120. The number of furan rings is 1. The minimum Gasteiger partial charge on any atom is -0.503 e. The quantitative estimate of drug-likeness (QED) is 0.308. The molecular formula is C25H18BrNO5S. The van der Waals surface area contributed by atoms with Crippen molar-refractivity contribution in [3.05, 3.63) is 92.0 Å². The van der Waals surface area contributed by atoms with Gasteiger partial charge in [-0.2, -0.15) is 0 Å². The Bertz CT molecular complexity index is 1450. The Balaban J connectivity index is 1.66. The monoisotopic (exact) mass is 523 g/mol. The Morgan fingerprint density at radius 3 is 2.73 bits per heavy atom. The van der Waals surface area contributed by atoms with Crippen molar-refractivity contribution in [2.75, 3.05) is 12.0 Å². The van der Waals surface area contributed by atoms with E-state index in [1.54, 1.807) is 36.4 Å². The van der Waals surface area contributed by atoms with E-state index in [0.717, 1.165) is 20.3 Å². The lowest BCUT2D eigenvalue weighted by atomic mass is 9.98. The number of aliphatic hydroxyl groups is 1.